The Morgan fingerprint density at radius 3 is 2.78 bits per heavy atom. The molecule has 5 heteroatoms. The maximum atomic E-state index is 6.00. The number of nitrogens with zero attached hydrogens (tertiary/aromatic N) is 4. The highest BCUT2D eigenvalue weighted by atomic mass is 35.5. The molecule has 2 aromatic rings. The van der Waals surface area contributed by atoms with Crippen molar-refractivity contribution < 1.29 is 0 Å². The Balaban J connectivity index is 2.53. The maximum Gasteiger partial charge on any atom is 0.160 e. The summed E-state index contributed by atoms with van der Waals surface area (Å²) in [5.41, 5.74) is 2.97. The molecule has 0 aliphatic heterocycles. The lowest BCUT2D eigenvalue weighted by Gasteiger charge is -2.20. The van der Waals surface area contributed by atoms with E-state index in [1.165, 1.54) is 0 Å². The molecular formula is C13H19ClN4. The van der Waals surface area contributed by atoms with Crippen LogP contribution in [0.15, 0.2) is 12.3 Å². The first-order valence-electron chi connectivity index (χ1n) is 6.07. The topological polar surface area (TPSA) is 34.0 Å². The fraction of sp³-hybridized carbons (Fsp3) is 0.538. The van der Waals surface area contributed by atoms with Crippen molar-refractivity contribution in [1.82, 2.24) is 19.4 Å². The molecule has 2 heterocycles. The molecule has 0 saturated carbocycles. The molecule has 98 valence electrons. The molecule has 0 spiro atoms. The summed E-state index contributed by atoms with van der Waals surface area (Å²) in [7, 11) is 4.13. The van der Waals surface area contributed by atoms with Gasteiger partial charge in [0.1, 0.15) is 11.3 Å². The minimum absolute atomic E-state index is 0.300. The number of halogens is 1. The summed E-state index contributed by atoms with van der Waals surface area (Å²) in [5.74, 6) is 1.30. The molecule has 0 saturated heterocycles. The SMILES string of the molecule is Cc1cnc2c(c1)nc(CCl)n2C(C)CN(C)C. The van der Waals surface area contributed by atoms with Gasteiger partial charge in [0.05, 0.1) is 5.88 Å². The molecule has 0 radical (unpaired) electrons. The number of hydrogen-bond donors (Lipinski definition) is 0. The Labute approximate surface area is 113 Å². The van der Waals surface area contributed by atoms with E-state index in [1.54, 1.807) is 0 Å². The van der Waals surface area contributed by atoms with Gasteiger partial charge in [-0.2, -0.15) is 0 Å². The van der Waals surface area contributed by atoms with Crippen LogP contribution in [0.3, 0.4) is 0 Å². The normalized spacial score (nSPS) is 13.4. The number of aromatic nitrogens is 3. The molecule has 0 amide bonds. The minimum atomic E-state index is 0.300. The van der Waals surface area contributed by atoms with Gasteiger partial charge in [0, 0.05) is 18.8 Å². The minimum Gasteiger partial charge on any atom is -0.308 e. The van der Waals surface area contributed by atoms with Gasteiger partial charge in [0.25, 0.3) is 0 Å². The number of pyridine rings is 1. The maximum absolute atomic E-state index is 6.00. The van der Waals surface area contributed by atoms with Crippen molar-refractivity contribution in [2.45, 2.75) is 25.8 Å². The number of fused-ring (bicyclic) bond motifs is 1. The lowest BCUT2D eigenvalue weighted by Crippen LogP contribution is -2.23. The molecule has 18 heavy (non-hydrogen) atoms. The third-order valence-corrected chi connectivity index (χ3v) is 3.17. The second kappa shape index (κ2) is 5.24. The van der Waals surface area contributed by atoms with E-state index in [2.05, 4.69) is 46.5 Å². The van der Waals surface area contributed by atoms with Crippen molar-refractivity contribution in [3.8, 4) is 0 Å². The molecule has 2 rings (SSSR count). The zero-order valence-electron chi connectivity index (χ0n) is 11.3. The summed E-state index contributed by atoms with van der Waals surface area (Å²) >= 11 is 6.00. The third-order valence-electron chi connectivity index (χ3n) is 2.93. The third kappa shape index (κ3) is 2.49. The van der Waals surface area contributed by atoms with Crippen LogP contribution < -0.4 is 0 Å². The number of aryl methyl sites for hydroxylation is 1. The first-order chi connectivity index (χ1) is 8.52. The van der Waals surface area contributed by atoms with E-state index in [4.69, 9.17) is 11.6 Å². The highest BCUT2D eigenvalue weighted by Gasteiger charge is 2.16. The van der Waals surface area contributed by atoms with Gasteiger partial charge in [-0.15, -0.1) is 11.6 Å². The number of imidazole rings is 1. The van der Waals surface area contributed by atoms with E-state index in [0.29, 0.717) is 11.9 Å². The predicted molar refractivity (Wildman–Crippen MR) is 75.1 cm³/mol. The average Bonchev–Trinajstić information content (AvgIpc) is 2.65. The molecule has 2 aromatic heterocycles. The van der Waals surface area contributed by atoms with E-state index in [9.17, 15) is 0 Å². The molecular weight excluding hydrogens is 248 g/mol. The molecule has 0 fully saturated rings. The lowest BCUT2D eigenvalue weighted by molar-refractivity contribution is 0.337. The van der Waals surface area contributed by atoms with Gasteiger partial charge in [-0.25, -0.2) is 9.97 Å². The van der Waals surface area contributed by atoms with E-state index in [0.717, 1.165) is 29.1 Å². The van der Waals surface area contributed by atoms with Crippen LogP contribution in [0.4, 0.5) is 0 Å². The van der Waals surface area contributed by atoms with Crippen molar-refractivity contribution in [3.05, 3.63) is 23.7 Å². The summed E-state index contributed by atoms with van der Waals surface area (Å²) in [5, 5.41) is 0. The Morgan fingerprint density at radius 1 is 1.44 bits per heavy atom. The quantitative estimate of drug-likeness (QED) is 0.798. The van der Waals surface area contributed by atoms with Crippen molar-refractivity contribution in [2.75, 3.05) is 20.6 Å². The van der Waals surface area contributed by atoms with E-state index in [-0.39, 0.29) is 0 Å². The molecule has 0 aliphatic carbocycles. The Hall–Kier alpha value is -1.13. The van der Waals surface area contributed by atoms with Crippen molar-refractivity contribution in [1.29, 1.82) is 0 Å². The van der Waals surface area contributed by atoms with Crippen LogP contribution >= 0.6 is 11.6 Å². The Bertz CT molecular complexity index is 547. The molecule has 1 atom stereocenters. The highest BCUT2D eigenvalue weighted by Crippen LogP contribution is 2.21. The van der Waals surface area contributed by atoms with Crippen LogP contribution in [0, 0.1) is 6.92 Å². The van der Waals surface area contributed by atoms with Gasteiger partial charge < -0.3 is 9.47 Å². The summed E-state index contributed by atoms with van der Waals surface area (Å²) < 4.78 is 2.14. The number of rotatable bonds is 4. The fourth-order valence-corrected chi connectivity index (χ4v) is 2.49. The van der Waals surface area contributed by atoms with Crippen molar-refractivity contribution in [2.24, 2.45) is 0 Å². The van der Waals surface area contributed by atoms with Gasteiger partial charge in [0.15, 0.2) is 5.65 Å². The number of likely N-dealkylation sites (N-methyl/N-ethyl adjacent to an activating group) is 1. The smallest absolute Gasteiger partial charge is 0.160 e. The second-order valence-electron chi connectivity index (χ2n) is 5.00. The van der Waals surface area contributed by atoms with Crippen LogP contribution in [-0.4, -0.2) is 40.1 Å². The van der Waals surface area contributed by atoms with Gasteiger partial charge in [0.2, 0.25) is 0 Å². The lowest BCUT2D eigenvalue weighted by atomic mass is 10.3. The number of hydrogen-bond acceptors (Lipinski definition) is 3. The summed E-state index contributed by atoms with van der Waals surface area (Å²) in [4.78, 5) is 11.2. The molecule has 0 aromatic carbocycles. The van der Waals surface area contributed by atoms with E-state index in [1.807, 2.05) is 13.1 Å². The Kier molecular flexibility index (Phi) is 3.88. The Morgan fingerprint density at radius 2 is 2.17 bits per heavy atom. The zero-order chi connectivity index (χ0) is 13.3. The van der Waals surface area contributed by atoms with Gasteiger partial charge in [-0.1, -0.05) is 0 Å². The van der Waals surface area contributed by atoms with Gasteiger partial charge in [-0.3, -0.25) is 0 Å². The standard InChI is InChI=1S/C13H19ClN4/c1-9-5-11-13(15-7-9)18(12(6-14)16-11)10(2)8-17(3)4/h5,7,10H,6,8H2,1-4H3. The zero-order valence-corrected chi connectivity index (χ0v) is 12.1. The van der Waals surface area contributed by atoms with E-state index >= 15 is 0 Å². The highest BCUT2D eigenvalue weighted by molar-refractivity contribution is 6.16. The van der Waals surface area contributed by atoms with Crippen LogP contribution in [0.5, 0.6) is 0 Å². The summed E-state index contributed by atoms with van der Waals surface area (Å²) in [6, 6.07) is 2.35. The number of alkyl halides is 1. The predicted octanol–water partition coefficient (Wildman–Crippen LogP) is 2.60. The first-order valence-corrected chi connectivity index (χ1v) is 6.60. The van der Waals surface area contributed by atoms with Crippen LogP contribution in [0.1, 0.15) is 24.4 Å². The molecule has 4 nitrogen and oxygen atoms in total. The molecule has 1 unspecified atom stereocenters. The largest absolute Gasteiger partial charge is 0.308 e. The molecule has 0 aliphatic rings. The van der Waals surface area contributed by atoms with Crippen LogP contribution in [0.25, 0.3) is 11.2 Å². The first kappa shape index (κ1) is 13.3. The monoisotopic (exact) mass is 266 g/mol. The van der Waals surface area contributed by atoms with Crippen molar-refractivity contribution in [3.63, 3.8) is 0 Å². The van der Waals surface area contributed by atoms with Crippen LogP contribution in [-0.2, 0) is 5.88 Å². The summed E-state index contributed by atoms with van der Waals surface area (Å²) in [6.45, 7) is 5.12. The van der Waals surface area contributed by atoms with Crippen LogP contribution in [0.2, 0.25) is 0 Å². The van der Waals surface area contributed by atoms with E-state index < -0.39 is 0 Å². The summed E-state index contributed by atoms with van der Waals surface area (Å²) in [6.07, 6.45) is 1.88. The van der Waals surface area contributed by atoms with Gasteiger partial charge >= 0.3 is 0 Å². The molecule has 0 N–H and O–H groups in total. The van der Waals surface area contributed by atoms with Gasteiger partial charge in [-0.05, 0) is 39.6 Å². The fourth-order valence-electron chi connectivity index (χ4n) is 2.30. The average molecular weight is 267 g/mol. The second-order valence-corrected chi connectivity index (χ2v) is 5.27. The van der Waals surface area contributed by atoms with Crippen molar-refractivity contribution >= 4 is 22.8 Å². The molecule has 0 bridgehead atoms.